The minimum Gasteiger partial charge on any atom is -0.497 e. The van der Waals surface area contributed by atoms with Crippen molar-refractivity contribution in [2.75, 3.05) is 26.1 Å². The fourth-order valence-corrected chi connectivity index (χ4v) is 5.20. The molecule has 2 aromatic carbocycles. The molecule has 4 aromatic rings. The normalized spacial score (nSPS) is 13.7. The number of benzene rings is 2. The van der Waals surface area contributed by atoms with Gasteiger partial charge in [0, 0.05) is 37.5 Å². The SMILES string of the molecule is CN(C)C=O.COc1ccc(/C=C2\N=C(SCc3cc(=O)n4ccsc4n3)N(c3ccc(OC(F)F)cc3)C2=O)cc1. The van der Waals surface area contributed by atoms with E-state index in [9.17, 15) is 23.2 Å². The van der Waals surface area contributed by atoms with Crippen LogP contribution in [0.5, 0.6) is 11.5 Å². The van der Waals surface area contributed by atoms with Crippen molar-refractivity contribution < 1.29 is 27.8 Å². The van der Waals surface area contributed by atoms with E-state index in [2.05, 4.69) is 14.7 Å². The molecule has 0 spiro atoms. The van der Waals surface area contributed by atoms with Crippen LogP contribution in [0.1, 0.15) is 11.3 Å². The van der Waals surface area contributed by atoms with Crippen molar-refractivity contribution in [3.8, 4) is 11.5 Å². The van der Waals surface area contributed by atoms with Gasteiger partial charge in [-0.05, 0) is 48.0 Å². The number of thiazole rings is 1. The summed E-state index contributed by atoms with van der Waals surface area (Å²) < 4.78 is 36.2. The van der Waals surface area contributed by atoms with E-state index >= 15 is 0 Å². The molecule has 14 heteroatoms. The predicted octanol–water partition coefficient (Wildman–Crippen LogP) is 4.75. The Bertz CT molecular complexity index is 1670. The lowest BCUT2D eigenvalue weighted by molar-refractivity contribution is -0.116. The summed E-state index contributed by atoms with van der Waals surface area (Å²) in [6, 6.07) is 14.3. The van der Waals surface area contributed by atoms with Gasteiger partial charge in [0.1, 0.15) is 17.2 Å². The van der Waals surface area contributed by atoms with Crippen LogP contribution in [-0.4, -0.2) is 59.6 Å². The van der Waals surface area contributed by atoms with Gasteiger partial charge in [-0.1, -0.05) is 23.9 Å². The van der Waals surface area contributed by atoms with Crippen LogP contribution in [0.15, 0.2) is 81.7 Å². The Morgan fingerprint density at radius 1 is 1.07 bits per heavy atom. The van der Waals surface area contributed by atoms with Crippen LogP contribution in [-0.2, 0) is 15.3 Å². The van der Waals surface area contributed by atoms with Gasteiger partial charge in [-0.2, -0.15) is 8.78 Å². The molecule has 1 aliphatic heterocycles. The van der Waals surface area contributed by atoms with Gasteiger partial charge in [-0.3, -0.25) is 23.7 Å². The van der Waals surface area contributed by atoms with E-state index in [0.717, 1.165) is 12.0 Å². The lowest BCUT2D eigenvalue weighted by Gasteiger charge is -2.18. The number of methoxy groups -OCH3 is 1. The number of aliphatic imine (C=N–C) groups is 1. The van der Waals surface area contributed by atoms with Crippen LogP contribution < -0.4 is 19.9 Å². The molecule has 2 amide bonds. The van der Waals surface area contributed by atoms with Crippen LogP contribution in [0, 0.1) is 0 Å². The molecule has 0 N–H and O–H groups in total. The van der Waals surface area contributed by atoms with Crippen molar-refractivity contribution in [1.82, 2.24) is 14.3 Å². The molecule has 1 aliphatic rings. The summed E-state index contributed by atoms with van der Waals surface area (Å²) in [5, 5.41) is 2.14. The number of aromatic nitrogens is 2. The summed E-state index contributed by atoms with van der Waals surface area (Å²) in [4.78, 5) is 47.6. The fraction of sp³-hybridized carbons (Fsp3) is 0.179. The molecule has 0 atom stereocenters. The van der Waals surface area contributed by atoms with Gasteiger partial charge >= 0.3 is 6.61 Å². The van der Waals surface area contributed by atoms with E-state index in [1.807, 2.05) is 0 Å². The summed E-state index contributed by atoms with van der Waals surface area (Å²) >= 11 is 2.58. The number of alkyl halides is 2. The van der Waals surface area contributed by atoms with Crippen molar-refractivity contribution in [3.63, 3.8) is 0 Å². The lowest BCUT2D eigenvalue weighted by Crippen LogP contribution is -2.30. The quantitative estimate of drug-likeness (QED) is 0.209. The number of hydrogen-bond acceptors (Lipinski definition) is 9. The van der Waals surface area contributed by atoms with Gasteiger partial charge in [-0.15, -0.1) is 11.3 Å². The molecule has 3 heterocycles. The zero-order valence-corrected chi connectivity index (χ0v) is 24.3. The van der Waals surface area contributed by atoms with Gasteiger partial charge in [0.2, 0.25) is 6.41 Å². The highest BCUT2D eigenvalue weighted by molar-refractivity contribution is 8.13. The molecule has 0 radical (unpaired) electrons. The molecule has 10 nitrogen and oxygen atoms in total. The van der Waals surface area contributed by atoms with E-state index in [1.165, 1.54) is 67.6 Å². The summed E-state index contributed by atoms with van der Waals surface area (Å²) in [5.74, 6) is 0.551. The van der Waals surface area contributed by atoms with Gasteiger partial charge < -0.3 is 14.4 Å². The number of carbonyl (C=O) groups excluding carboxylic acids is 2. The van der Waals surface area contributed by atoms with Crippen molar-refractivity contribution in [2.24, 2.45) is 4.99 Å². The molecule has 0 bridgehead atoms. The minimum atomic E-state index is -2.96. The van der Waals surface area contributed by atoms with Crippen LogP contribution in [0.2, 0.25) is 0 Å². The second-order valence-corrected chi connectivity index (χ2v) is 10.5. The number of fused-ring (bicyclic) bond motifs is 1. The number of nitrogens with zero attached hydrogens (tertiary/aromatic N) is 5. The average Bonchev–Trinajstić information content (AvgIpc) is 3.57. The smallest absolute Gasteiger partial charge is 0.387 e. The summed E-state index contributed by atoms with van der Waals surface area (Å²) in [7, 11) is 4.94. The molecular weight excluding hydrogens is 588 g/mol. The Hall–Kier alpha value is -4.56. The second-order valence-electron chi connectivity index (χ2n) is 8.71. The van der Waals surface area contributed by atoms with E-state index in [4.69, 9.17) is 4.74 Å². The number of rotatable bonds is 8. The van der Waals surface area contributed by atoms with Crippen LogP contribution in [0.3, 0.4) is 0 Å². The second kappa shape index (κ2) is 13.9. The van der Waals surface area contributed by atoms with E-state index < -0.39 is 6.61 Å². The Balaban J connectivity index is 0.000000748. The summed E-state index contributed by atoms with van der Waals surface area (Å²) in [5.41, 5.74) is 1.72. The van der Waals surface area contributed by atoms with E-state index in [1.54, 1.807) is 63.1 Å². The maximum Gasteiger partial charge on any atom is 0.387 e. The van der Waals surface area contributed by atoms with Crippen LogP contribution in [0.25, 0.3) is 11.0 Å². The molecule has 0 fully saturated rings. The number of hydrogen-bond donors (Lipinski definition) is 0. The zero-order valence-electron chi connectivity index (χ0n) is 22.6. The monoisotopic (exact) mass is 613 g/mol. The third-order valence-electron chi connectivity index (χ3n) is 5.49. The summed E-state index contributed by atoms with van der Waals surface area (Å²) in [6.07, 6.45) is 4.06. The van der Waals surface area contributed by atoms with Crippen molar-refractivity contribution in [1.29, 1.82) is 0 Å². The third kappa shape index (κ3) is 7.59. The first-order valence-electron chi connectivity index (χ1n) is 12.2. The first-order valence-corrected chi connectivity index (χ1v) is 14.1. The predicted molar refractivity (Wildman–Crippen MR) is 159 cm³/mol. The number of anilines is 1. The fourth-order valence-electron chi connectivity index (χ4n) is 3.56. The molecule has 0 saturated carbocycles. The molecule has 0 aliphatic carbocycles. The first kappa shape index (κ1) is 30.4. The van der Waals surface area contributed by atoms with Crippen molar-refractivity contribution in [2.45, 2.75) is 12.4 Å². The number of amides is 2. The van der Waals surface area contributed by atoms with Gasteiger partial charge in [0.15, 0.2) is 10.1 Å². The van der Waals surface area contributed by atoms with Gasteiger partial charge in [-0.25, -0.2) is 9.98 Å². The highest BCUT2D eigenvalue weighted by Gasteiger charge is 2.32. The number of carbonyl (C=O) groups is 2. The van der Waals surface area contributed by atoms with E-state index in [-0.39, 0.29) is 28.7 Å². The maximum absolute atomic E-state index is 13.4. The number of halogens is 2. The Kier molecular flexibility index (Phi) is 10.0. The zero-order chi connectivity index (χ0) is 30.2. The van der Waals surface area contributed by atoms with Gasteiger partial charge in [0.05, 0.1) is 18.5 Å². The molecular formula is C28H25F2N5O5S2. The first-order chi connectivity index (χ1) is 20.2. The average molecular weight is 614 g/mol. The third-order valence-corrected chi connectivity index (χ3v) is 7.21. The highest BCUT2D eigenvalue weighted by Crippen LogP contribution is 2.32. The topological polar surface area (TPSA) is 106 Å². The highest BCUT2D eigenvalue weighted by atomic mass is 32.2. The molecule has 2 aromatic heterocycles. The Morgan fingerprint density at radius 3 is 2.36 bits per heavy atom. The summed E-state index contributed by atoms with van der Waals surface area (Å²) in [6.45, 7) is -2.96. The Labute approximate surface area is 247 Å². The lowest BCUT2D eigenvalue weighted by atomic mass is 10.2. The molecule has 5 rings (SSSR count). The number of ether oxygens (including phenoxy) is 2. The van der Waals surface area contributed by atoms with Gasteiger partial charge in [0.25, 0.3) is 11.5 Å². The van der Waals surface area contributed by atoms with Crippen LogP contribution in [0.4, 0.5) is 14.5 Å². The van der Waals surface area contributed by atoms with E-state index in [0.29, 0.717) is 27.3 Å². The molecule has 218 valence electrons. The molecule has 42 heavy (non-hydrogen) atoms. The van der Waals surface area contributed by atoms with Crippen LogP contribution >= 0.6 is 23.1 Å². The standard InChI is InChI=1S/C25H18F2N4O4S2.C3H7NO/c1-34-18-6-2-15(3-7-18)12-20-22(33)31(17-4-8-19(9-5-17)35-23(26)27)25(29-20)37-14-16-13-21(32)30-10-11-36-24(30)28-16;1-4(2)3-5/h2-13,23H,14H2,1H3;3H,1-2H3/b20-12-;. The van der Waals surface area contributed by atoms with Crippen molar-refractivity contribution >= 4 is 57.3 Å². The van der Waals surface area contributed by atoms with Crippen molar-refractivity contribution in [3.05, 3.63) is 93.5 Å². The largest absolute Gasteiger partial charge is 0.497 e. The minimum absolute atomic E-state index is 0.0283. The Morgan fingerprint density at radius 2 is 1.74 bits per heavy atom. The number of thioether (sulfide) groups is 1. The molecule has 0 unspecified atom stereocenters. The maximum atomic E-state index is 13.4. The number of amidine groups is 1. The molecule has 0 saturated heterocycles.